The smallest absolute Gasteiger partial charge is 0.265 e. The van der Waals surface area contributed by atoms with Gasteiger partial charge in [-0.05, 0) is 50.5 Å². The fourth-order valence-corrected chi connectivity index (χ4v) is 6.01. The molecule has 0 saturated carbocycles. The highest BCUT2D eigenvalue weighted by Crippen LogP contribution is 2.32. The molecule has 1 amide bonds. The van der Waals surface area contributed by atoms with Crippen LogP contribution in [0.5, 0.6) is 0 Å². The number of aromatic nitrogens is 2. The number of sulfonamides is 1. The van der Waals surface area contributed by atoms with Crippen LogP contribution in [0, 0.1) is 6.92 Å². The molecule has 3 aromatic rings. The summed E-state index contributed by atoms with van der Waals surface area (Å²) in [6, 6.07) is 8.10. The number of anilines is 1. The zero-order valence-corrected chi connectivity index (χ0v) is 19.6. The minimum Gasteiger partial charge on any atom is -0.347 e. The van der Waals surface area contributed by atoms with E-state index in [2.05, 4.69) is 9.71 Å². The Bertz CT molecular complexity index is 1230. The van der Waals surface area contributed by atoms with Crippen molar-refractivity contribution in [3.63, 3.8) is 0 Å². The quantitative estimate of drug-likeness (QED) is 0.583. The average Bonchev–Trinajstić information content (AvgIpc) is 3.31. The Morgan fingerprint density at radius 2 is 1.94 bits per heavy atom. The average molecular weight is 479 g/mol. The molecule has 2 aromatic heterocycles. The molecule has 1 N–H and O–H groups in total. The van der Waals surface area contributed by atoms with Crippen LogP contribution in [0.1, 0.15) is 34.6 Å². The Hall–Kier alpha value is -2.36. The van der Waals surface area contributed by atoms with Crippen molar-refractivity contribution in [3.8, 4) is 10.7 Å². The fraction of sp³-hybridized carbons (Fsp3) is 0.333. The number of aryl methyl sites for hydroxylation is 2. The van der Waals surface area contributed by atoms with E-state index in [1.54, 1.807) is 41.9 Å². The number of thiazole rings is 1. The molecular formula is C21H23ClN4O3S2. The van der Waals surface area contributed by atoms with Gasteiger partial charge in [0.1, 0.15) is 14.8 Å². The Balaban J connectivity index is 1.61. The van der Waals surface area contributed by atoms with E-state index >= 15 is 0 Å². The monoisotopic (exact) mass is 478 g/mol. The minimum atomic E-state index is -3.80. The van der Waals surface area contributed by atoms with Crippen LogP contribution in [0.4, 0.5) is 5.69 Å². The number of nitrogens with one attached hydrogen (secondary N) is 1. The van der Waals surface area contributed by atoms with Gasteiger partial charge in [-0.1, -0.05) is 17.7 Å². The summed E-state index contributed by atoms with van der Waals surface area (Å²) in [4.78, 5) is 20.1. The number of piperidine rings is 1. The normalized spacial score (nSPS) is 14.6. The summed E-state index contributed by atoms with van der Waals surface area (Å²) in [5.74, 6) is 0.00521. The van der Waals surface area contributed by atoms with Gasteiger partial charge < -0.3 is 9.47 Å². The largest absolute Gasteiger partial charge is 0.347 e. The zero-order chi connectivity index (χ0) is 22.2. The van der Waals surface area contributed by atoms with Crippen LogP contribution >= 0.6 is 22.9 Å². The third-order valence-electron chi connectivity index (χ3n) is 5.22. The van der Waals surface area contributed by atoms with E-state index in [9.17, 15) is 13.2 Å². The number of nitrogens with zero attached hydrogens (tertiary/aromatic N) is 3. The molecule has 0 spiro atoms. The van der Waals surface area contributed by atoms with Gasteiger partial charge in [0, 0.05) is 31.4 Å². The molecular weight excluding hydrogens is 456 g/mol. The summed E-state index contributed by atoms with van der Waals surface area (Å²) in [5, 5.41) is 1.06. The van der Waals surface area contributed by atoms with Crippen molar-refractivity contribution in [2.45, 2.75) is 31.1 Å². The predicted octanol–water partition coefficient (Wildman–Crippen LogP) is 4.54. The van der Waals surface area contributed by atoms with E-state index in [0.717, 1.165) is 32.4 Å². The minimum absolute atomic E-state index is 0.00521. The van der Waals surface area contributed by atoms with Gasteiger partial charge >= 0.3 is 0 Å². The highest BCUT2D eigenvalue weighted by molar-refractivity contribution is 7.92. The fourth-order valence-electron chi connectivity index (χ4n) is 3.60. The van der Waals surface area contributed by atoms with Crippen LogP contribution in [0.25, 0.3) is 10.7 Å². The molecule has 1 aliphatic heterocycles. The van der Waals surface area contributed by atoms with E-state index < -0.39 is 10.0 Å². The van der Waals surface area contributed by atoms with Crippen LogP contribution < -0.4 is 4.72 Å². The van der Waals surface area contributed by atoms with Gasteiger partial charge in [0.2, 0.25) is 0 Å². The first-order chi connectivity index (χ1) is 14.7. The van der Waals surface area contributed by atoms with Crippen molar-refractivity contribution >= 4 is 44.6 Å². The first-order valence-electron chi connectivity index (χ1n) is 9.96. The van der Waals surface area contributed by atoms with Crippen LogP contribution in [-0.4, -0.2) is 41.9 Å². The first kappa shape index (κ1) is 21.9. The molecule has 0 bridgehead atoms. The molecule has 164 valence electrons. The van der Waals surface area contributed by atoms with Crippen LogP contribution in [0.15, 0.2) is 41.4 Å². The van der Waals surface area contributed by atoms with Gasteiger partial charge in [0.25, 0.3) is 15.9 Å². The number of benzene rings is 1. The summed E-state index contributed by atoms with van der Waals surface area (Å²) in [7, 11) is -2.04. The molecule has 3 heterocycles. The number of amides is 1. The van der Waals surface area contributed by atoms with Crippen molar-refractivity contribution in [3.05, 3.63) is 52.1 Å². The van der Waals surface area contributed by atoms with E-state index in [1.165, 1.54) is 17.5 Å². The Labute approximate surface area is 190 Å². The van der Waals surface area contributed by atoms with E-state index in [1.807, 2.05) is 11.8 Å². The number of carbonyl (C=O) groups is 1. The molecule has 31 heavy (non-hydrogen) atoms. The van der Waals surface area contributed by atoms with Crippen molar-refractivity contribution < 1.29 is 13.2 Å². The second-order valence-electron chi connectivity index (χ2n) is 7.57. The Morgan fingerprint density at radius 3 is 2.65 bits per heavy atom. The lowest BCUT2D eigenvalue weighted by Gasteiger charge is -2.26. The summed E-state index contributed by atoms with van der Waals surface area (Å²) in [6.45, 7) is 3.36. The van der Waals surface area contributed by atoms with Crippen molar-refractivity contribution in [2.75, 3.05) is 17.8 Å². The maximum absolute atomic E-state index is 12.9. The molecule has 7 nitrogen and oxygen atoms in total. The summed E-state index contributed by atoms with van der Waals surface area (Å²) >= 11 is 7.25. The lowest BCUT2D eigenvalue weighted by molar-refractivity contribution is 0.0728. The summed E-state index contributed by atoms with van der Waals surface area (Å²) in [5.41, 5.74) is 1.69. The van der Waals surface area contributed by atoms with E-state index in [0.29, 0.717) is 32.0 Å². The molecule has 1 aromatic carbocycles. The van der Waals surface area contributed by atoms with Gasteiger partial charge in [-0.25, -0.2) is 13.4 Å². The SMILES string of the molecule is Cc1nc(-c2cc(S(=O)(=O)Nc3cccc(Cl)c3)cn2C)sc1C(=O)N1CCCCC1. The maximum Gasteiger partial charge on any atom is 0.265 e. The third kappa shape index (κ3) is 4.63. The molecule has 10 heteroatoms. The second-order valence-corrected chi connectivity index (χ2v) is 10.7. The molecule has 1 aliphatic rings. The van der Waals surface area contributed by atoms with Gasteiger partial charge in [-0.2, -0.15) is 0 Å². The van der Waals surface area contributed by atoms with Gasteiger partial charge in [0.05, 0.1) is 17.1 Å². The number of rotatable bonds is 5. The lowest BCUT2D eigenvalue weighted by atomic mass is 10.1. The lowest BCUT2D eigenvalue weighted by Crippen LogP contribution is -2.35. The predicted molar refractivity (Wildman–Crippen MR) is 123 cm³/mol. The highest BCUT2D eigenvalue weighted by Gasteiger charge is 2.25. The number of likely N-dealkylation sites (tertiary alicyclic amines) is 1. The van der Waals surface area contributed by atoms with Gasteiger partial charge in [0.15, 0.2) is 0 Å². The van der Waals surface area contributed by atoms with Crippen LogP contribution in [0.3, 0.4) is 0 Å². The number of halogens is 1. The van der Waals surface area contributed by atoms with Crippen LogP contribution in [0.2, 0.25) is 5.02 Å². The molecule has 0 radical (unpaired) electrons. The number of hydrogen-bond donors (Lipinski definition) is 1. The molecule has 1 fully saturated rings. The highest BCUT2D eigenvalue weighted by atomic mass is 35.5. The molecule has 0 unspecified atom stereocenters. The third-order valence-corrected chi connectivity index (χ3v) is 7.97. The summed E-state index contributed by atoms with van der Waals surface area (Å²) < 4.78 is 30.0. The molecule has 4 rings (SSSR count). The van der Waals surface area contributed by atoms with Gasteiger partial charge in [-0.15, -0.1) is 11.3 Å². The molecule has 0 atom stereocenters. The summed E-state index contributed by atoms with van der Waals surface area (Å²) in [6.07, 6.45) is 4.73. The standard InChI is InChI=1S/C21H23ClN4O3S2/c1-14-19(21(27)26-9-4-3-5-10-26)30-20(23-14)18-12-17(13-25(18)2)31(28,29)24-16-8-6-7-15(22)11-16/h6-8,11-13,24H,3-5,9-10H2,1-2H3. The van der Waals surface area contributed by atoms with Crippen molar-refractivity contribution in [1.29, 1.82) is 0 Å². The zero-order valence-electron chi connectivity index (χ0n) is 17.3. The number of hydrogen-bond acceptors (Lipinski definition) is 5. The first-order valence-corrected chi connectivity index (χ1v) is 12.6. The van der Waals surface area contributed by atoms with Gasteiger partial charge in [-0.3, -0.25) is 9.52 Å². The Morgan fingerprint density at radius 1 is 1.19 bits per heavy atom. The van der Waals surface area contributed by atoms with Crippen LogP contribution in [-0.2, 0) is 17.1 Å². The molecule has 0 aliphatic carbocycles. The van der Waals surface area contributed by atoms with Crippen molar-refractivity contribution in [1.82, 2.24) is 14.5 Å². The number of carbonyl (C=O) groups excluding carboxylic acids is 1. The van der Waals surface area contributed by atoms with Crippen molar-refractivity contribution in [2.24, 2.45) is 7.05 Å². The van der Waals surface area contributed by atoms with E-state index in [-0.39, 0.29) is 10.8 Å². The maximum atomic E-state index is 12.9. The second kappa shape index (κ2) is 8.64. The van der Waals surface area contributed by atoms with E-state index in [4.69, 9.17) is 11.6 Å². The topological polar surface area (TPSA) is 84.3 Å². The Kier molecular flexibility index (Phi) is 6.09. The molecule has 1 saturated heterocycles.